The van der Waals surface area contributed by atoms with Crippen molar-refractivity contribution in [1.82, 2.24) is 5.32 Å². The van der Waals surface area contributed by atoms with Crippen molar-refractivity contribution >= 4 is 35.3 Å². The van der Waals surface area contributed by atoms with Gasteiger partial charge in [0.1, 0.15) is 12.4 Å². The second kappa shape index (κ2) is 9.71. The van der Waals surface area contributed by atoms with E-state index in [1.807, 2.05) is 54.6 Å². The number of rotatable bonds is 6. The maximum Gasteiger partial charge on any atom is 0.309 e. The molecule has 27 heavy (non-hydrogen) atoms. The highest BCUT2D eigenvalue weighted by Crippen LogP contribution is 2.41. The van der Waals surface area contributed by atoms with Crippen LogP contribution in [-0.4, -0.2) is 27.9 Å². The molecule has 1 aliphatic rings. The molecule has 2 aromatic rings. The third-order valence-corrected chi connectivity index (χ3v) is 7.19. The number of carbonyl (C=O) groups excluding carboxylic acids is 2. The molecule has 1 fully saturated rings. The van der Waals surface area contributed by atoms with Crippen LogP contribution in [-0.2, 0) is 16.2 Å². The summed E-state index contributed by atoms with van der Waals surface area (Å²) in [5.74, 6) is 0.988. The van der Waals surface area contributed by atoms with E-state index >= 15 is 0 Å². The minimum Gasteiger partial charge on any atom is -0.489 e. The van der Waals surface area contributed by atoms with Crippen molar-refractivity contribution in [2.75, 3.05) is 11.5 Å². The number of nitrogens with one attached hydrogen (secondary N) is 1. The van der Waals surface area contributed by atoms with Crippen molar-refractivity contribution in [2.45, 2.75) is 23.7 Å². The van der Waals surface area contributed by atoms with Gasteiger partial charge in [0.15, 0.2) is 0 Å². The molecule has 0 spiro atoms. The molecule has 0 saturated carbocycles. The highest BCUT2D eigenvalue weighted by molar-refractivity contribution is 8.17. The summed E-state index contributed by atoms with van der Waals surface area (Å²) < 4.78 is 6.15. The third kappa shape index (κ3) is 5.43. The first-order chi connectivity index (χ1) is 13.1. The molecule has 1 saturated heterocycles. The predicted octanol–water partition coefficient (Wildman–Crippen LogP) is 3.10. The molecule has 2 amide bonds. The van der Waals surface area contributed by atoms with Crippen molar-refractivity contribution in [2.24, 2.45) is 5.73 Å². The molecule has 1 heterocycles. The maximum atomic E-state index is 12.0. The lowest BCUT2D eigenvalue weighted by Crippen LogP contribution is -2.41. The van der Waals surface area contributed by atoms with Gasteiger partial charge >= 0.3 is 11.8 Å². The fourth-order valence-electron chi connectivity index (χ4n) is 2.81. The van der Waals surface area contributed by atoms with Crippen molar-refractivity contribution in [3.05, 3.63) is 65.7 Å². The van der Waals surface area contributed by atoms with Crippen LogP contribution < -0.4 is 15.8 Å². The monoisotopic (exact) mass is 402 g/mol. The average molecular weight is 403 g/mol. The Morgan fingerprint density at radius 1 is 1.07 bits per heavy atom. The molecule has 1 atom stereocenters. The Morgan fingerprint density at radius 2 is 1.74 bits per heavy atom. The summed E-state index contributed by atoms with van der Waals surface area (Å²) in [5, 5.41) is 2.81. The van der Waals surface area contributed by atoms with E-state index in [0.29, 0.717) is 12.4 Å². The Kier molecular flexibility index (Phi) is 7.06. The number of ether oxygens (including phenoxy) is 1. The van der Waals surface area contributed by atoms with E-state index in [1.54, 1.807) is 23.5 Å². The zero-order chi connectivity index (χ0) is 19.1. The van der Waals surface area contributed by atoms with Crippen LogP contribution in [0.25, 0.3) is 0 Å². The Balaban J connectivity index is 1.84. The lowest BCUT2D eigenvalue weighted by atomic mass is 10.1. The number of benzene rings is 2. The molecule has 142 valence electrons. The highest BCUT2D eigenvalue weighted by Gasteiger charge is 2.31. The van der Waals surface area contributed by atoms with Gasteiger partial charge in [-0.2, -0.15) is 0 Å². The summed E-state index contributed by atoms with van der Waals surface area (Å²) in [6, 6.07) is 17.2. The van der Waals surface area contributed by atoms with Crippen molar-refractivity contribution in [3.8, 4) is 5.75 Å². The van der Waals surface area contributed by atoms with Crippen LogP contribution >= 0.6 is 23.5 Å². The summed E-state index contributed by atoms with van der Waals surface area (Å²) in [6.07, 6.45) is 1.13. The molecule has 0 aliphatic carbocycles. The van der Waals surface area contributed by atoms with Gasteiger partial charge in [-0.1, -0.05) is 48.5 Å². The second-order valence-electron chi connectivity index (χ2n) is 6.09. The van der Waals surface area contributed by atoms with Gasteiger partial charge in [-0.3, -0.25) is 9.59 Å². The SMILES string of the molecule is NC(=O)C(=O)NC(c1ccccc1OCc1ccccc1)C1SCCCS1. The van der Waals surface area contributed by atoms with Crippen LogP contribution in [0.1, 0.15) is 23.6 Å². The molecular weight excluding hydrogens is 380 g/mol. The van der Waals surface area contributed by atoms with Gasteiger partial charge in [0.25, 0.3) is 0 Å². The van der Waals surface area contributed by atoms with Crippen molar-refractivity contribution in [3.63, 3.8) is 0 Å². The summed E-state index contributed by atoms with van der Waals surface area (Å²) in [5.41, 5.74) is 7.09. The van der Waals surface area contributed by atoms with Crippen LogP contribution in [0.4, 0.5) is 0 Å². The van der Waals surface area contributed by atoms with Crippen LogP contribution in [0, 0.1) is 0 Å². The molecule has 0 aromatic heterocycles. The summed E-state index contributed by atoms with van der Waals surface area (Å²) >= 11 is 3.57. The zero-order valence-electron chi connectivity index (χ0n) is 14.8. The Hall–Kier alpha value is -2.12. The minimum atomic E-state index is -0.978. The fourth-order valence-corrected chi connectivity index (χ4v) is 5.85. The number of hydrogen-bond donors (Lipinski definition) is 2. The molecule has 2 aromatic carbocycles. The average Bonchev–Trinajstić information content (AvgIpc) is 2.72. The minimum absolute atomic E-state index is 0.100. The van der Waals surface area contributed by atoms with Crippen molar-refractivity contribution < 1.29 is 14.3 Å². The van der Waals surface area contributed by atoms with Gasteiger partial charge in [-0.25, -0.2) is 0 Å². The van der Waals surface area contributed by atoms with Gasteiger partial charge in [-0.15, -0.1) is 23.5 Å². The maximum absolute atomic E-state index is 12.0. The van der Waals surface area contributed by atoms with Crippen LogP contribution in [0.2, 0.25) is 0 Å². The van der Waals surface area contributed by atoms with Gasteiger partial charge in [0, 0.05) is 5.56 Å². The first-order valence-corrected chi connectivity index (χ1v) is 10.8. The number of thioether (sulfide) groups is 2. The third-order valence-electron chi connectivity index (χ3n) is 4.13. The van der Waals surface area contributed by atoms with E-state index in [4.69, 9.17) is 10.5 Å². The van der Waals surface area contributed by atoms with Gasteiger partial charge < -0.3 is 15.8 Å². The van der Waals surface area contributed by atoms with E-state index in [2.05, 4.69) is 5.32 Å². The molecule has 1 aliphatic heterocycles. The van der Waals surface area contributed by atoms with Crippen LogP contribution in [0.3, 0.4) is 0 Å². The van der Waals surface area contributed by atoms with E-state index in [1.165, 1.54) is 0 Å². The van der Waals surface area contributed by atoms with E-state index in [9.17, 15) is 9.59 Å². The van der Waals surface area contributed by atoms with Crippen LogP contribution in [0.5, 0.6) is 5.75 Å². The standard InChI is InChI=1S/C20H22N2O3S2/c21-18(23)19(24)22-17(20-26-11-6-12-27-20)15-9-4-5-10-16(15)25-13-14-7-2-1-3-8-14/h1-5,7-10,17,20H,6,11-13H2,(H2,21,23)(H,22,24). The molecule has 1 unspecified atom stereocenters. The highest BCUT2D eigenvalue weighted by atomic mass is 32.2. The molecule has 0 radical (unpaired) electrons. The molecule has 3 N–H and O–H groups in total. The van der Waals surface area contributed by atoms with Crippen molar-refractivity contribution in [1.29, 1.82) is 0 Å². The Bertz CT molecular complexity index is 780. The molecule has 7 heteroatoms. The summed E-state index contributed by atoms with van der Waals surface area (Å²) in [4.78, 5) is 23.3. The van der Waals surface area contributed by atoms with Gasteiger partial charge in [-0.05, 0) is 29.6 Å². The second-order valence-corrected chi connectivity index (χ2v) is 8.89. The molecule has 3 rings (SSSR count). The molecule has 0 bridgehead atoms. The number of carbonyl (C=O) groups is 2. The number of hydrogen-bond acceptors (Lipinski definition) is 5. The predicted molar refractivity (Wildman–Crippen MR) is 111 cm³/mol. The quantitative estimate of drug-likeness (QED) is 0.726. The fraction of sp³-hybridized carbons (Fsp3) is 0.300. The normalized spacial score (nSPS) is 15.7. The Labute approximate surface area is 167 Å². The first-order valence-electron chi connectivity index (χ1n) is 8.74. The molecule has 5 nitrogen and oxygen atoms in total. The number of nitrogens with two attached hydrogens (primary N) is 1. The zero-order valence-corrected chi connectivity index (χ0v) is 16.4. The summed E-state index contributed by atoms with van der Waals surface area (Å²) in [6.45, 7) is 0.430. The first kappa shape index (κ1) is 19.6. The van der Waals surface area contributed by atoms with E-state index in [0.717, 1.165) is 29.1 Å². The Morgan fingerprint density at radius 3 is 2.44 bits per heavy atom. The lowest BCUT2D eigenvalue weighted by molar-refractivity contribution is -0.137. The van der Waals surface area contributed by atoms with E-state index in [-0.39, 0.29) is 10.6 Å². The topological polar surface area (TPSA) is 81.4 Å². The molecular formula is C20H22N2O3S2. The number of para-hydroxylation sites is 1. The van der Waals surface area contributed by atoms with Crippen LogP contribution in [0.15, 0.2) is 54.6 Å². The number of primary amides is 1. The van der Waals surface area contributed by atoms with Gasteiger partial charge in [0.05, 0.1) is 10.6 Å². The lowest BCUT2D eigenvalue weighted by Gasteiger charge is -2.31. The largest absolute Gasteiger partial charge is 0.489 e. The van der Waals surface area contributed by atoms with E-state index < -0.39 is 11.8 Å². The number of amides is 2. The smallest absolute Gasteiger partial charge is 0.309 e. The van der Waals surface area contributed by atoms with Gasteiger partial charge in [0.2, 0.25) is 0 Å². The summed E-state index contributed by atoms with van der Waals surface area (Å²) in [7, 11) is 0.